The average molecular weight is 251 g/mol. The third-order valence-corrected chi connectivity index (χ3v) is 5.26. The summed E-state index contributed by atoms with van der Waals surface area (Å²) in [6.07, 6.45) is 2.97. The first-order chi connectivity index (χ1) is 7.94. The molecule has 1 heterocycles. The number of aromatic nitrogens is 2. The van der Waals surface area contributed by atoms with Crippen LogP contribution in [0.25, 0.3) is 10.9 Å². The number of benzene rings is 1. The van der Waals surface area contributed by atoms with Crippen LogP contribution >= 0.6 is 0 Å². The molecule has 3 rings (SSSR count). The summed E-state index contributed by atoms with van der Waals surface area (Å²) in [5.74, 6) is 0. The fourth-order valence-electron chi connectivity index (χ4n) is 2.28. The van der Waals surface area contributed by atoms with Gasteiger partial charge in [0.25, 0.3) is 0 Å². The van der Waals surface area contributed by atoms with Crippen molar-refractivity contribution in [1.29, 1.82) is 0 Å². The summed E-state index contributed by atoms with van der Waals surface area (Å²) >= 11 is 0. The molecule has 90 valence electrons. The van der Waals surface area contributed by atoms with Gasteiger partial charge in [0.15, 0.2) is 0 Å². The van der Waals surface area contributed by atoms with Crippen LogP contribution in [0.1, 0.15) is 18.4 Å². The van der Waals surface area contributed by atoms with E-state index in [9.17, 15) is 8.42 Å². The molecule has 2 N–H and O–H groups in total. The van der Waals surface area contributed by atoms with Crippen LogP contribution in [-0.2, 0) is 21.8 Å². The normalized spacial score (nSPS) is 18.5. The lowest BCUT2D eigenvalue weighted by molar-refractivity contribution is 0.582. The molecule has 6 heteroatoms. The van der Waals surface area contributed by atoms with Crippen LogP contribution in [0.15, 0.2) is 24.4 Å². The zero-order valence-electron chi connectivity index (χ0n) is 9.42. The van der Waals surface area contributed by atoms with Gasteiger partial charge in [-0.1, -0.05) is 12.1 Å². The predicted molar refractivity (Wildman–Crippen MR) is 64.7 cm³/mol. The minimum atomic E-state index is -3.54. The van der Waals surface area contributed by atoms with Gasteiger partial charge in [-0.2, -0.15) is 5.10 Å². The van der Waals surface area contributed by atoms with E-state index in [1.165, 1.54) is 0 Å². The number of fused-ring (bicyclic) bond motifs is 1. The van der Waals surface area contributed by atoms with Crippen molar-refractivity contribution < 1.29 is 8.42 Å². The number of aryl methyl sites for hydroxylation is 1. The summed E-state index contributed by atoms with van der Waals surface area (Å²) < 4.78 is 24.1. The average Bonchev–Trinajstić information content (AvgIpc) is 3.00. The third-order valence-electron chi connectivity index (χ3n) is 3.52. The molecule has 0 unspecified atom stereocenters. The SMILES string of the molecule is Cn1ncc2ccc(C3(S(N)(=O)=O)CC3)cc21. The Morgan fingerprint density at radius 1 is 1.41 bits per heavy atom. The molecule has 0 amide bonds. The molecule has 0 radical (unpaired) electrons. The molecule has 0 saturated heterocycles. The molecule has 1 aromatic heterocycles. The lowest BCUT2D eigenvalue weighted by Crippen LogP contribution is -2.28. The van der Waals surface area contributed by atoms with Gasteiger partial charge in [0.1, 0.15) is 4.75 Å². The molecule has 0 aliphatic heterocycles. The molecular formula is C11H13N3O2S. The lowest BCUT2D eigenvalue weighted by Gasteiger charge is -2.13. The van der Waals surface area contributed by atoms with Crippen molar-refractivity contribution in [2.24, 2.45) is 12.2 Å². The minimum absolute atomic E-state index is 0.606. The number of hydrogen-bond donors (Lipinski definition) is 1. The van der Waals surface area contributed by atoms with Crippen LogP contribution < -0.4 is 5.14 Å². The predicted octanol–water partition coefficient (Wildman–Crippen LogP) is 0.851. The summed E-state index contributed by atoms with van der Waals surface area (Å²) in [4.78, 5) is 0. The molecule has 1 aliphatic carbocycles. The number of nitrogens with zero attached hydrogens (tertiary/aromatic N) is 2. The van der Waals surface area contributed by atoms with Gasteiger partial charge in [-0.15, -0.1) is 0 Å². The standard InChI is InChI=1S/C11H13N3O2S/c1-14-10-6-9(3-2-8(10)7-13-14)11(4-5-11)17(12,15)16/h2-3,6-7H,4-5H2,1H3,(H2,12,15,16). The molecule has 0 atom stereocenters. The Morgan fingerprint density at radius 3 is 2.71 bits per heavy atom. The monoisotopic (exact) mass is 251 g/mol. The van der Waals surface area contributed by atoms with Crippen molar-refractivity contribution in [2.75, 3.05) is 0 Å². The van der Waals surface area contributed by atoms with Crippen LogP contribution in [0.3, 0.4) is 0 Å². The highest BCUT2D eigenvalue weighted by molar-refractivity contribution is 7.90. The number of primary sulfonamides is 1. The second-order valence-corrected chi connectivity index (χ2v) is 6.45. The van der Waals surface area contributed by atoms with Crippen molar-refractivity contribution in [2.45, 2.75) is 17.6 Å². The smallest absolute Gasteiger partial charge is 0.219 e. The van der Waals surface area contributed by atoms with Crippen molar-refractivity contribution in [1.82, 2.24) is 9.78 Å². The molecule has 5 nitrogen and oxygen atoms in total. The van der Waals surface area contributed by atoms with Crippen molar-refractivity contribution in [3.05, 3.63) is 30.0 Å². The van der Waals surface area contributed by atoms with Gasteiger partial charge in [-0.3, -0.25) is 4.68 Å². The Balaban J connectivity index is 2.22. The summed E-state index contributed by atoms with van der Waals surface area (Å²) in [6, 6.07) is 5.60. The minimum Gasteiger partial charge on any atom is -0.268 e. The molecule has 1 fully saturated rings. The zero-order chi connectivity index (χ0) is 12.3. The maximum atomic E-state index is 11.6. The van der Waals surface area contributed by atoms with E-state index in [2.05, 4.69) is 5.10 Å². The lowest BCUT2D eigenvalue weighted by atomic mass is 10.1. The molecule has 1 aromatic carbocycles. The van der Waals surface area contributed by atoms with Crippen LogP contribution in [0.5, 0.6) is 0 Å². The van der Waals surface area contributed by atoms with Gasteiger partial charge < -0.3 is 0 Å². The van der Waals surface area contributed by atoms with E-state index in [1.807, 2.05) is 25.2 Å². The van der Waals surface area contributed by atoms with Gasteiger partial charge in [0, 0.05) is 12.4 Å². The van der Waals surface area contributed by atoms with Crippen molar-refractivity contribution in [3.63, 3.8) is 0 Å². The number of rotatable bonds is 2. The Bertz CT molecular complexity index is 699. The van der Waals surface area contributed by atoms with E-state index < -0.39 is 14.8 Å². The Morgan fingerprint density at radius 2 is 2.12 bits per heavy atom. The van der Waals surface area contributed by atoms with E-state index in [0.29, 0.717) is 12.8 Å². The largest absolute Gasteiger partial charge is 0.268 e. The quantitative estimate of drug-likeness (QED) is 0.859. The summed E-state index contributed by atoms with van der Waals surface area (Å²) in [5, 5.41) is 10.5. The zero-order valence-corrected chi connectivity index (χ0v) is 10.2. The first-order valence-electron chi connectivity index (χ1n) is 5.39. The van der Waals surface area contributed by atoms with E-state index in [1.54, 1.807) is 10.9 Å². The molecule has 1 saturated carbocycles. The number of hydrogen-bond acceptors (Lipinski definition) is 3. The van der Waals surface area contributed by atoms with E-state index in [-0.39, 0.29) is 0 Å². The molecule has 2 aromatic rings. The van der Waals surface area contributed by atoms with Gasteiger partial charge in [-0.25, -0.2) is 13.6 Å². The molecule has 17 heavy (non-hydrogen) atoms. The first-order valence-corrected chi connectivity index (χ1v) is 6.93. The van der Waals surface area contributed by atoms with Crippen LogP contribution in [-0.4, -0.2) is 18.2 Å². The maximum absolute atomic E-state index is 11.6. The third kappa shape index (κ3) is 1.41. The second kappa shape index (κ2) is 3.08. The van der Waals surface area contributed by atoms with Crippen LogP contribution in [0, 0.1) is 0 Å². The highest BCUT2D eigenvalue weighted by Gasteiger charge is 2.54. The van der Waals surface area contributed by atoms with E-state index in [4.69, 9.17) is 5.14 Å². The topological polar surface area (TPSA) is 78.0 Å². The Hall–Kier alpha value is -1.40. The summed E-state index contributed by atoms with van der Waals surface area (Å²) in [6.45, 7) is 0. The van der Waals surface area contributed by atoms with Gasteiger partial charge in [-0.05, 0) is 24.5 Å². The van der Waals surface area contributed by atoms with Gasteiger partial charge >= 0.3 is 0 Å². The maximum Gasteiger partial charge on any atom is 0.219 e. The van der Waals surface area contributed by atoms with Gasteiger partial charge in [0.2, 0.25) is 10.0 Å². The van der Waals surface area contributed by atoms with Crippen LogP contribution in [0.2, 0.25) is 0 Å². The van der Waals surface area contributed by atoms with Gasteiger partial charge in [0.05, 0.1) is 11.7 Å². The fourth-order valence-corrected chi connectivity index (χ4v) is 3.41. The summed E-state index contributed by atoms with van der Waals surface area (Å²) in [7, 11) is -1.70. The molecule has 1 aliphatic rings. The van der Waals surface area contributed by atoms with Crippen molar-refractivity contribution >= 4 is 20.9 Å². The fraction of sp³-hybridized carbons (Fsp3) is 0.364. The Kier molecular flexibility index (Phi) is 1.95. The number of sulfonamides is 1. The first kappa shape index (κ1) is 10.7. The van der Waals surface area contributed by atoms with Crippen LogP contribution in [0.4, 0.5) is 0 Å². The van der Waals surface area contributed by atoms with E-state index >= 15 is 0 Å². The molecular weight excluding hydrogens is 238 g/mol. The summed E-state index contributed by atoms with van der Waals surface area (Å²) in [5.41, 5.74) is 1.70. The highest BCUT2D eigenvalue weighted by atomic mass is 32.2. The second-order valence-electron chi connectivity index (χ2n) is 4.58. The molecule has 0 bridgehead atoms. The number of nitrogens with two attached hydrogens (primary N) is 1. The van der Waals surface area contributed by atoms with E-state index in [0.717, 1.165) is 16.5 Å². The van der Waals surface area contributed by atoms with Crippen molar-refractivity contribution in [3.8, 4) is 0 Å². The highest BCUT2D eigenvalue weighted by Crippen LogP contribution is 2.51. The molecule has 0 spiro atoms. The Labute approximate surface area is 99.3 Å².